The highest BCUT2D eigenvalue weighted by atomic mass is 32.2. The maximum atomic E-state index is 15.0. The summed E-state index contributed by atoms with van der Waals surface area (Å²) in [6.07, 6.45) is 3.00. The molecule has 5 aromatic rings. The van der Waals surface area contributed by atoms with Crippen LogP contribution in [-0.2, 0) is 17.1 Å². The van der Waals surface area contributed by atoms with Gasteiger partial charge in [-0.1, -0.05) is 18.2 Å². The number of nitrogens with zero attached hydrogens (tertiary/aromatic N) is 5. The Bertz CT molecular complexity index is 1670. The summed E-state index contributed by atoms with van der Waals surface area (Å²) in [5.74, 6) is -1.77. The summed E-state index contributed by atoms with van der Waals surface area (Å²) < 4.78 is 54.4. The number of sulfonamides is 1. The maximum absolute atomic E-state index is 15.0. The van der Waals surface area contributed by atoms with E-state index in [2.05, 4.69) is 19.2 Å². The van der Waals surface area contributed by atoms with E-state index in [-0.39, 0.29) is 16.2 Å². The highest BCUT2D eigenvalue weighted by Crippen LogP contribution is 2.29. The van der Waals surface area contributed by atoms with Crippen molar-refractivity contribution in [2.75, 3.05) is 4.72 Å². The van der Waals surface area contributed by atoms with Crippen LogP contribution >= 0.6 is 11.5 Å². The summed E-state index contributed by atoms with van der Waals surface area (Å²) in [7, 11) is -2.49. The topological polar surface area (TPSA) is 125 Å². The minimum Gasteiger partial charge on any atom is -0.408 e. The first kappa shape index (κ1) is 22.0. The largest absolute Gasteiger partial charge is 0.420 e. The highest BCUT2D eigenvalue weighted by Gasteiger charge is 2.25. The van der Waals surface area contributed by atoms with Gasteiger partial charge in [-0.3, -0.25) is 14.0 Å². The quantitative estimate of drug-likeness (QED) is 0.379. The van der Waals surface area contributed by atoms with Gasteiger partial charge in [-0.2, -0.15) is 9.47 Å². The summed E-state index contributed by atoms with van der Waals surface area (Å²) in [6.45, 7) is 1.77. The molecule has 13 heteroatoms. The SMILES string of the molecule is C[C@H](c1cccc(-c2ccn(C)n2)c1)n1c(=O)oc2cc(S(=O)(=O)Nc3ncns3)c(F)cc21. The molecular formula is C21H17FN6O4S2. The Hall–Kier alpha value is -3.84. The van der Waals surface area contributed by atoms with Crippen molar-refractivity contribution in [2.45, 2.75) is 17.9 Å². The van der Waals surface area contributed by atoms with E-state index < -0.39 is 32.5 Å². The Morgan fingerprint density at radius 3 is 2.74 bits per heavy atom. The van der Waals surface area contributed by atoms with E-state index in [0.29, 0.717) is 0 Å². The number of nitrogens with one attached hydrogen (secondary N) is 1. The van der Waals surface area contributed by atoms with Crippen LogP contribution < -0.4 is 10.5 Å². The van der Waals surface area contributed by atoms with Crippen molar-refractivity contribution in [3.63, 3.8) is 0 Å². The fraction of sp³-hybridized carbons (Fsp3) is 0.143. The monoisotopic (exact) mass is 500 g/mol. The lowest BCUT2D eigenvalue weighted by Gasteiger charge is -2.14. The van der Waals surface area contributed by atoms with E-state index in [1.165, 1.54) is 10.9 Å². The number of anilines is 1. The van der Waals surface area contributed by atoms with Crippen molar-refractivity contribution in [3.05, 3.63) is 76.9 Å². The fourth-order valence-corrected chi connectivity index (χ4v) is 5.41. The molecule has 0 amide bonds. The number of aromatic nitrogens is 5. The van der Waals surface area contributed by atoms with Crippen molar-refractivity contribution < 1.29 is 17.2 Å². The summed E-state index contributed by atoms with van der Waals surface area (Å²) in [5.41, 5.74) is 2.46. The third-order valence-corrected chi connectivity index (χ3v) is 7.37. The van der Waals surface area contributed by atoms with Gasteiger partial charge in [0.15, 0.2) is 5.58 Å². The molecule has 0 saturated heterocycles. The zero-order chi connectivity index (χ0) is 24.0. The molecule has 2 aromatic carbocycles. The predicted molar refractivity (Wildman–Crippen MR) is 124 cm³/mol. The lowest BCUT2D eigenvalue weighted by molar-refractivity contribution is 0.489. The average Bonchev–Trinajstić information content (AvgIpc) is 3.53. The van der Waals surface area contributed by atoms with Gasteiger partial charge in [0.25, 0.3) is 10.0 Å². The Morgan fingerprint density at radius 2 is 2.03 bits per heavy atom. The first-order valence-corrected chi connectivity index (χ1v) is 12.2. The Morgan fingerprint density at radius 1 is 1.21 bits per heavy atom. The molecule has 10 nitrogen and oxygen atoms in total. The molecule has 0 unspecified atom stereocenters. The number of benzene rings is 2. The number of hydrogen-bond donors (Lipinski definition) is 1. The summed E-state index contributed by atoms with van der Waals surface area (Å²) in [5, 5.41) is 4.38. The second kappa shape index (κ2) is 8.18. The first-order chi connectivity index (χ1) is 16.2. The molecule has 0 radical (unpaired) electrons. The number of rotatable bonds is 6. The van der Waals surface area contributed by atoms with Crippen LogP contribution in [0, 0.1) is 5.82 Å². The lowest BCUT2D eigenvalue weighted by atomic mass is 10.0. The number of aryl methyl sites for hydroxylation is 1. The van der Waals surface area contributed by atoms with Gasteiger partial charge >= 0.3 is 5.76 Å². The van der Waals surface area contributed by atoms with Crippen LogP contribution in [0.2, 0.25) is 0 Å². The van der Waals surface area contributed by atoms with E-state index >= 15 is 0 Å². The minimum atomic E-state index is -4.31. The zero-order valence-corrected chi connectivity index (χ0v) is 19.5. The standard InChI is InChI=1S/C21H17FN6O4S2/c1-12(13-4-3-5-14(8-13)16-6-7-27(2)25-16)28-17-9-15(22)19(10-18(17)32-21(28)29)34(30,31)26-20-23-11-24-33-20/h3-12H,1-2H3,(H,23,24,26)/t12-/m1/s1. The third kappa shape index (κ3) is 3.88. The second-order valence-electron chi connectivity index (χ2n) is 7.52. The van der Waals surface area contributed by atoms with Crippen LogP contribution in [0.5, 0.6) is 0 Å². The van der Waals surface area contributed by atoms with Crippen molar-refractivity contribution in [2.24, 2.45) is 7.05 Å². The summed E-state index contributed by atoms with van der Waals surface area (Å²) in [4.78, 5) is 15.8. The van der Waals surface area contributed by atoms with Crippen molar-refractivity contribution in [1.29, 1.82) is 0 Å². The normalized spacial score (nSPS) is 12.8. The molecule has 0 aliphatic carbocycles. The molecule has 0 aliphatic heterocycles. The summed E-state index contributed by atoms with van der Waals surface area (Å²) >= 11 is 0.806. The van der Waals surface area contributed by atoms with E-state index in [4.69, 9.17) is 4.42 Å². The number of oxazole rings is 1. The molecule has 1 N–H and O–H groups in total. The van der Waals surface area contributed by atoms with Crippen LogP contribution in [0.1, 0.15) is 18.5 Å². The van der Waals surface area contributed by atoms with E-state index in [9.17, 15) is 17.6 Å². The Kier molecular flexibility index (Phi) is 5.29. The number of halogens is 1. The van der Waals surface area contributed by atoms with E-state index in [0.717, 1.165) is 40.5 Å². The molecule has 0 saturated carbocycles. The Balaban J connectivity index is 1.56. The Labute approximate surface area is 196 Å². The van der Waals surface area contributed by atoms with Crippen LogP contribution in [-0.4, -0.2) is 32.1 Å². The molecule has 3 aromatic heterocycles. The lowest BCUT2D eigenvalue weighted by Crippen LogP contribution is -2.19. The fourth-order valence-electron chi connectivity index (χ4n) is 3.67. The zero-order valence-electron chi connectivity index (χ0n) is 17.8. The molecular weight excluding hydrogens is 483 g/mol. The van der Waals surface area contributed by atoms with Crippen LogP contribution in [0.4, 0.5) is 9.52 Å². The van der Waals surface area contributed by atoms with Crippen LogP contribution in [0.15, 0.2) is 69.1 Å². The van der Waals surface area contributed by atoms with Gasteiger partial charge in [0.05, 0.1) is 17.3 Å². The van der Waals surface area contributed by atoms with E-state index in [1.54, 1.807) is 11.6 Å². The van der Waals surface area contributed by atoms with Crippen LogP contribution in [0.3, 0.4) is 0 Å². The molecule has 1 atom stereocenters. The first-order valence-electron chi connectivity index (χ1n) is 9.97. The number of hydrogen-bond acceptors (Lipinski definition) is 8. The van der Waals surface area contributed by atoms with Gasteiger partial charge in [-0.05, 0) is 24.6 Å². The van der Waals surface area contributed by atoms with Gasteiger partial charge in [-0.15, -0.1) is 0 Å². The molecule has 5 rings (SSSR count). The molecule has 0 bridgehead atoms. The molecule has 0 spiro atoms. The van der Waals surface area contributed by atoms with Gasteiger partial charge in [0.1, 0.15) is 17.0 Å². The maximum Gasteiger partial charge on any atom is 0.420 e. The predicted octanol–water partition coefficient (Wildman–Crippen LogP) is 3.40. The highest BCUT2D eigenvalue weighted by molar-refractivity contribution is 7.93. The number of fused-ring (bicyclic) bond motifs is 1. The van der Waals surface area contributed by atoms with Gasteiger partial charge in [-0.25, -0.2) is 22.6 Å². The summed E-state index contributed by atoms with van der Waals surface area (Å²) in [6, 6.07) is 10.8. The second-order valence-corrected chi connectivity index (χ2v) is 9.95. The molecule has 0 fully saturated rings. The molecule has 174 valence electrons. The average molecular weight is 501 g/mol. The molecule has 34 heavy (non-hydrogen) atoms. The molecule has 0 aliphatic rings. The van der Waals surface area contributed by atoms with Crippen molar-refractivity contribution in [3.8, 4) is 11.3 Å². The van der Waals surface area contributed by atoms with Crippen molar-refractivity contribution >= 4 is 37.8 Å². The minimum absolute atomic E-state index is 0.0140. The van der Waals surface area contributed by atoms with Gasteiger partial charge < -0.3 is 4.42 Å². The van der Waals surface area contributed by atoms with Gasteiger partial charge in [0, 0.05) is 42.5 Å². The van der Waals surface area contributed by atoms with Crippen molar-refractivity contribution in [1.82, 2.24) is 23.7 Å². The van der Waals surface area contributed by atoms with Crippen LogP contribution in [0.25, 0.3) is 22.4 Å². The van der Waals surface area contributed by atoms with E-state index in [1.807, 2.05) is 43.6 Å². The smallest absolute Gasteiger partial charge is 0.408 e. The third-order valence-electron chi connectivity index (χ3n) is 5.31. The van der Waals surface area contributed by atoms with Gasteiger partial charge in [0.2, 0.25) is 5.13 Å². The molecule has 3 heterocycles.